The molecule has 0 aliphatic heterocycles. The number of pyridine rings is 1. The summed E-state index contributed by atoms with van der Waals surface area (Å²) < 4.78 is 0. The third-order valence-corrected chi connectivity index (χ3v) is 2.00. The number of rotatable bonds is 4. The highest BCUT2D eigenvalue weighted by molar-refractivity contribution is 5.75. The van der Waals surface area contributed by atoms with Crippen LogP contribution in [0.1, 0.15) is 25.8 Å². The van der Waals surface area contributed by atoms with Crippen LogP contribution in [-0.2, 0) is 4.79 Å². The molecule has 4 heteroatoms. The Labute approximate surface area is 89.9 Å². The van der Waals surface area contributed by atoms with Gasteiger partial charge in [0.2, 0.25) is 5.91 Å². The first-order chi connectivity index (χ1) is 6.89. The Kier molecular flexibility index (Phi) is 3.29. The van der Waals surface area contributed by atoms with E-state index in [2.05, 4.69) is 10.3 Å². The number of nitrogens with two attached hydrogens (primary N) is 1. The third kappa shape index (κ3) is 3.97. The van der Waals surface area contributed by atoms with Gasteiger partial charge in [-0.25, -0.2) is 4.98 Å². The van der Waals surface area contributed by atoms with Crippen LogP contribution in [0.25, 0.3) is 0 Å². The van der Waals surface area contributed by atoms with Crippen molar-refractivity contribution in [1.82, 2.24) is 4.98 Å². The predicted octanol–water partition coefficient (Wildman–Crippen LogP) is 1.46. The molecule has 0 saturated heterocycles. The topological polar surface area (TPSA) is 68.0 Å². The Bertz CT molecular complexity index is 361. The second-order valence-electron chi connectivity index (χ2n) is 4.37. The normalized spacial score (nSPS) is 11.1. The summed E-state index contributed by atoms with van der Waals surface area (Å²) >= 11 is 0. The van der Waals surface area contributed by atoms with Gasteiger partial charge in [0.1, 0.15) is 5.82 Å². The fourth-order valence-electron chi connectivity index (χ4n) is 1.43. The van der Waals surface area contributed by atoms with Gasteiger partial charge in [0, 0.05) is 18.2 Å². The van der Waals surface area contributed by atoms with E-state index in [1.165, 1.54) is 0 Å². The van der Waals surface area contributed by atoms with Gasteiger partial charge in [0.25, 0.3) is 0 Å². The molecule has 0 bridgehead atoms. The third-order valence-electron chi connectivity index (χ3n) is 2.00. The van der Waals surface area contributed by atoms with Gasteiger partial charge in [0.15, 0.2) is 0 Å². The van der Waals surface area contributed by atoms with Crippen molar-refractivity contribution in [2.75, 3.05) is 5.32 Å². The fraction of sp³-hybridized carbons (Fsp3) is 0.455. The summed E-state index contributed by atoms with van der Waals surface area (Å²) in [6.45, 7) is 5.83. The lowest BCUT2D eigenvalue weighted by Gasteiger charge is -2.25. The zero-order chi connectivity index (χ0) is 11.5. The number of nitrogens with one attached hydrogen (secondary N) is 1. The lowest BCUT2D eigenvalue weighted by atomic mass is 10.0. The Morgan fingerprint density at radius 2 is 2.27 bits per heavy atom. The van der Waals surface area contributed by atoms with Gasteiger partial charge >= 0.3 is 0 Å². The highest BCUT2D eigenvalue weighted by Crippen LogP contribution is 2.16. The molecule has 0 aliphatic rings. The van der Waals surface area contributed by atoms with Crippen molar-refractivity contribution < 1.29 is 4.79 Å². The van der Waals surface area contributed by atoms with Crippen LogP contribution in [0.15, 0.2) is 18.3 Å². The maximum atomic E-state index is 10.8. The summed E-state index contributed by atoms with van der Waals surface area (Å²) in [5, 5.41) is 3.18. The molecule has 82 valence electrons. The number of hydrogen-bond donors (Lipinski definition) is 2. The number of carbonyl (C=O) groups excluding carboxylic acids is 1. The average molecular weight is 207 g/mol. The molecular formula is C11H17N3O. The van der Waals surface area contributed by atoms with E-state index in [0.717, 1.165) is 11.4 Å². The molecule has 0 spiro atoms. The average Bonchev–Trinajstić information content (AvgIpc) is 1.99. The summed E-state index contributed by atoms with van der Waals surface area (Å²) in [5.74, 6) is 0.446. The first kappa shape index (κ1) is 11.5. The molecule has 1 rings (SSSR count). The van der Waals surface area contributed by atoms with Crippen LogP contribution >= 0.6 is 0 Å². The van der Waals surface area contributed by atoms with Crippen molar-refractivity contribution in [3.63, 3.8) is 0 Å². The van der Waals surface area contributed by atoms with E-state index in [4.69, 9.17) is 5.73 Å². The Morgan fingerprint density at radius 3 is 2.80 bits per heavy atom. The number of primary amides is 1. The lowest BCUT2D eigenvalue weighted by molar-refractivity contribution is -0.118. The second kappa shape index (κ2) is 4.29. The Balaban J connectivity index is 2.72. The summed E-state index contributed by atoms with van der Waals surface area (Å²) in [6.07, 6.45) is 2.01. The van der Waals surface area contributed by atoms with E-state index in [0.29, 0.717) is 0 Å². The van der Waals surface area contributed by atoms with Gasteiger partial charge in [-0.05, 0) is 38.5 Å². The van der Waals surface area contributed by atoms with E-state index in [1.807, 2.05) is 32.9 Å². The summed E-state index contributed by atoms with van der Waals surface area (Å²) in [7, 11) is 0. The molecule has 1 aromatic heterocycles. The predicted molar refractivity (Wildman–Crippen MR) is 60.5 cm³/mol. The smallest absolute Gasteiger partial charge is 0.219 e. The fourth-order valence-corrected chi connectivity index (χ4v) is 1.43. The maximum absolute atomic E-state index is 10.8. The van der Waals surface area contributed by atoms with Gasteiger partial charge in [-0.2, -0.15) is 0 Å². The molecule has 0 atom stereocenters. The van der Waals surface area contributed by atoms with Crippen molar-refractivity contribution >= 4 is 11.7 Å². The molecule has 4 nitrogen and oxygen atoms in total. The van der Waals surface area contributed by atoms with E-state index < -0.39 is 0 Å². The minimum atomic E-state index is -0.368. The number of anilines is 1. The van der Waals surface area contributed by atoms with Crippen molar-refractivity contribution in [3.8, 4) is 0 Å². The van der Waals surface area contributed by atoms with Crippen molar-refractivity contribution in [2.45, 2.75) is 32.7 Å². The van der Waals surface area contributed by atoms with Crippen molar-refractivity contribution in [3.05, 3.63) is 23.9 Å². The summed E-state index contributed by atoms with van der Waals surface area (Å²) in [6, 6.07) is 3.86. The zero-order valence-electron chi connectivity index (χ0n) is 9.37. The minimum absolute atomic E-state index is 0.280. The molecule has 0 aromatic carbocycles. The number of hydrogen-bond acceptors (Lipinski definition) is 3. The number of amides is 1. The molecule has 1 heterocycles. The summed E-state index contributed by atoms with van der Waals surface area (Å²) in [4.78, 5) is 15.0. The van der Waals surface area contributed by atoms with Gasteiger partial charge in [-0.15, -0.1) is 0 Å². The van der Waals surface area contributed by atoms with Gasteiger partial charge in [-0.3, -0.25) is 4.79 Å². The van der Waals surface area contributed by atoms with Crippen LogP contribution in [-0.4, -0.2) is 16.4 Å². The van der Waals surface area contributed by atoms with Crippen molar-refractivity contribution in [1.29, 1.82) is 0 Å². The zero-order valence-corrected chi connectivity index (χ0v) is 9.37. The van der Waals surface area contributed by atoms with E-state index >= 15 is 0 Å². The van der Waals surface area contributed by atoms with Crippen LogP contribution in [0.4, 0.5) is 5.82 Å². The molecule has 0 saturated carbocycles. The summed E-state index contributed by atoms with van der Waals surface area (Å²) in [5.41, 5.74) is 5.92. The van der Waals surface area contributed by atoms with E-state index in [-0.39, 0.29) is 17.9 Å². The first-order valence-electron chi connectivity index (χ1n) is 4.88. The molecular weight excluding hydrogens is 190 g/mol. The minimum Gasteiger partial charge on any atom is -0.370 e. The quantitative estimate of drug-likeness (QED) is 0.785. The molecule has 0 aliphatic carbocycles. The highest BCUT2D eigenvalue weighted by Gasteiger charge is 2.20. The molecule has 1 amide bonds. The Hall–Kier alpha value is -1.58. The van der Waals surface area contributed by atoms with Crippen molar-refractivity contribution in [2.24, 2.45) is 5.73 Å². The molecule has 1 aromatic rings. The molecule has 0 fully saturated rings. The number of aryl methyl sites for hydroxylation is 1. The Morgan fingerprint density at radius 1 is 1.60 bits per heavy atom. The van der Waals surface area contributed by atoms with Crippen LogP contribution in [0.2, 0.25) is 0 Å². The van der Waals surface area contributed by atoms with Crippen LogP contribution in [0.3, 0.4) is 0 Å². The monoisotopic (exact) mass is 207 g/mol. The number of nitrogens with zero attached hydrogens (tertiary/aromatic N) is 1. The molecule has 0 radical (unpaired) electrons. The van der Waals surface area contributed by atoms with Crippen LogP contribution in [0, 0.1) is 6.92 Å². The standard InChI is InChI=1S/C11H17N3O/c1-8-4-5-13-10(6-8)14-11(2,3)7-9(12)15/h4-6H,7H2,1-3H3,(H2,12,15)(H,13,14). The second-order valence-corrected chi connectivity index (χ2v) is 4.37. The maximum Gasteiger partial charge on any atom is 0.219 e. The largest absolute Gasteiger partial charge is 0.370 e. The lowest BCUT2D eigenvalue weighted by Crippen LogP contribution is -2.36. The van der Waals surface area contributed by atoms with Gasteiger partial charge in [0.05, 0.1) is 0 Å². The van der Waals surface area contributed by atoms with Crippen LogP contribution < -0.4 is 11.1 Å². The highest BCUT2D eigenvalue weighted by atomic mass is 16.1. The van der Waals surface area contributed by atoms with E-state index in [9.17, 15) is 4.79 Å². The molecule has 15 heavy (non-hydrogen) atoms. The van der Waals surface area contributed by atoms with Gasteiger partial charge in [-0.1, -0.05) is 0 Å². The van der Waals surface area contributed by atoms with Gasteiger partial charge < -0.3 is 11.1 Å². The first-order valence-corrected chi connectivity index (χ1v) is 4.88. The number of carbonyl (C=O) groups is 1. The van der Waals surface area contributed by atoms with E-state index in [1.54, 1.807) is 6.20 Å². The SMILES string of the molecule is Cc1ccnc(NC(C)(C)CC(N)=O)c1. The number of aromatic nitrogens is 1. The van der Waals surface area contributed by atoms with Crippen LogP contribution in [0.5, 0.6) is 0 Å². The molecule has 0 unspecified atom stereocenters. The molecule has 3 N–H and O–H groups in total.